The molecule has 0 saturated heterocycles. The normalized spacial score (nSPS) is 14.7. The van der Waals surface area contributed by atoms with Gasteiger partial charge in [-0.25, -0.2) is 8.78 Å². The predicted octanol–water partition coefficient (Wildman–Crippen LogP) is 4.08. The van der Waals surface area contributed by atoms with Crippen molar-refractivity contribution in [2.24, 2.45) is 0 Å². The van der Waals surface area contributed by atoms with Crippen LogP contribution in [0.25, 0.3) is 5.70 Å². The molecule has 1 aliphatic rings. The van der Waals surface area contributed by atoms with Crippen LogP contribution in [0.4, 0.5) is 8.78 Å². The van der Waals surface area contributed by atoms with Gasteiger partial charge in [0.2, 0.25) is 0 Å². The van der Waals surface area contributed by atoms with E-state index in [4.69, 9.17) is 4.74 Å². The number of hydrogen-bond acceptors (Lipinski definition) is 2. The summed E-state index contributed by atoms with van der Waals surface area (Å²) in [4.78, 5) is 1.53. The fourth-order valence-corrected chi connectivity index (χ4v) is 2.08. The SMILES string of the molecule is C=C1C=CC=C(c2ccc(OCC)cc2)N1CC(F)F. The van der Waals surface area contributed by atoms with Crippen LogP contribution >= 0.6 is 0 Å². The van der Waals surface area contributed by atoms with Crippen molar-refractivity contribution in [1.82, 2.24) is 4.90 Å². The van der Waals surface area contributed by atoms with E-state index in [1.807, 2.05) is 43.3 Å². The van der Waals surface area contributed by atoms with Gasteiger partial charge in [-0.05, 0) is 48.9 Å². The van der Waals surface area contributed by atoms with Crippen LogP contribution in [-0.2, 0) is 0 Å². The highest BCUT2D eigenvalue weighted by Gasteiger charge is 2.19. The molecule has 0 unspecified atom stereocenters. The second-order valence-corrected chi connectivity index (χ2v) is 4.36. The average Bonchev–Trinajstić information content (AvgIpc) is 2.42. The lowest BCUT2D eigenvalue weighted by Crippen LogP contribution is -2.27. The third-order valence-electron chi connectivity index (χ3n) is 2.96. The van der Waals surface area contributed by atoms with Crippen LogP contribution in [0.2, 0.25) is 0 Å². The Morgan fingerprint density at radius 1 is 1.25 bits per heavy atom. The third kappa shape index (κ3) is 3.26. The molecule has 0 bridgehead atoms. The van der Waals surface area contributed by atoms with E-state index < -0.39 is 6.43 Å². The van der Waals surface area contributed by atoms with Gasteiger partial charge >= 0.3 is 0 Å². The molecule has 106 valence electrons. The molecule has 0 saturated carbocycles. The standard InChI is InChI=1S/C16H17F2NO/c1-3-20-14-9-7-13(8-10-14)15-6-4-5-12(2)19(15)11-16(17)18/h4-10,16H,2-3,11H2,1H3. The second-order valence-electron chi connectivity index (χ2n) is 4.36. The summed E-state index contributed by atoms with van der Waals surface area (Å²) in [7, 11) is 0. The number of alkyl halides is 2. The van der Waals surface area contributed by atoms with E-state index >= 15 is 0 Å². The number of rotatable bonds is 5. The molecule has 1 aromatic rings. The summed E-state index contributed by atoms with van der Waals surface area (Å²) in [5.41, 5.74) is 2.15. The zero-order valence-corrected chi connectivity index (χ0v) is 11.4. The molecule has 0 radical (unpaired) electrons. The van der Waals surface area contributed by atoms with Crippen molar-refractivity contribution in [2.45, 2.75) is 13.3 Å². The highest BCUT2D eigenvalue weighted by atomic mass is 19.3. The van der Waals surface area contributed by atoms with E-state index in [9.17, 15) is 8.78 Å². The molecule has 1 aromatic carbocycles. The molecular weight excluding hydrogens is 260 g/mol. The molecule has 0 amide bonds. The third-order valence-corrected chi connectivity index (χ3v) is 2.96. The number of allylic oxidation sites excluding steroid dienone is 3. The molecule has 0 aromatic heterocycles. The molecule has 0 atom stereocenters. The van der Waals surface area contributed by atoms with Gasteiger partial charge in [-0.1, -0.05) is 12.7 Å². The van der Waals surface area contributed by atoms with Crippen molar-refractivity contribution in [3.8, 4) is 5.75 Å². The summed E-state index contributed by atoms with van der Waals surface area (Å²) in [6, 6.07) is 7.39. The molecule has 0 N–H and O–H groups in total. The molecule has 0 fully saturated rings. The molecular formula is C16H17F2NO. The molecule has 2 rings (SSSR count). The summed E-state index contributed by atoms with van der Waals surface area (Å²) >= 11 is 0. The Morgan fingerprint density at radius 3 is 2.55 bits per heavy atom. The fourth-order valence-electron chi connectivity index (χ4n) is 2.08. The van der Waals surface area contributed by atoms with Crippen LogP contribution in [0.3, 0.4) is 0 Å². The minimum absolute atomic E-state index is 0.359. The van der Waals surface area contributed by atoms with Gasteiger partial charge in [-0.3, -0.25) is 0 Å². The van der Waals surface area contributed by atoms with Crippen molar-refractivity contribution in [3.63, 3.8) is 0 Å². The van der Waals surface area contributed by atoms with E-state index in [2.05, 4.69) is 6.58 Å². The lowest BCUT2D eigenvalue weighted by Gasteiger charge is -2.29. The zero-order chi connectivity index (χ0) is 14.5. The monoisotopic (exact) mass is 277 g/mol. The highest BCUT2D eigenvalue weighted by molar-refractivity contribution is 5.70. The second kappa shape index (κ2) is 6.37. The first-order chi connectivity index (χ1) is 9.61. The van der Waals surface area contributed by atoms with Crippen molar-refractivity contribution < 1.29 is 13.5 Å². The maximum Gasteiger partial charge on any atom is 0.256 e. The minimum Gasteiger partial charge on any atom is -0.494 e. The first-order valence-corrected chi connectivity index (χ1v) is 6.48. The Kier molecular flexibility index (Phi) is 4.56. The van der Waals surface area contributed by atoms with Gasteiger partial charge in [-0.15, -0.1) is 0 Å². The Hall–Kier alpha value is -2.10. The Morgan fingerprint density at radius 2 is 1.95 bits per heavy atom. The minimum atomic E-state index is -2.41. The van der Waals surface area contributed by atoms with Crippen molar-refractivity contribution in [1.29, 1.82) is 0 Å². The van der Waals surface area contributed by atoms with Crippen LogP contribution in [0.5, 0.6) is 5.75 Å². The van der Waals surface area contributed by atoms with E-state index in [1.54, 1.807) is 6.08 Å². The fraction of sp³-hybridized carbons (Fsp3) is 0.250. The molecule has 0 aliphatic carbocycles. The van der Waals surface area contributed by atoms with E-state index in [-0.39, 0.29) is 6.54 Å². The van der Waals surface area contributed by atoms with Gasteiger partial charge in [-0.2, -0.15) is 0 Å². The van der Waals surface area contributed by atoms with E-state index in [0.717, 1.165) is 17.0 Å². The first-order valence-electron chi connectivity index (χ1n) is 6.48. The molecule has 1 heterocycles. The summed E-state index contributed by atoms with van der Waals surface area (Å²) in [6.07, 6.45) is 2.94. The Balaban J connectivity index is 2.25. The molecule has 1 aliphatic heterocycles. The Labute approximate surface area is 117 Å². The maximum absolute atomic E-state index is 12.7. The lowest BCUT2D eigenvalue weighted by atomic mass is 10.1. The first kappa shape index (κ1) is 14.3. The number of halogens is 2. The number of hydrogen-bond donors (Lipinski definition) is 0. The Bertz CT molecular complexity index is 532. The highest BCUT2D eigenvalue weighted by Crippen LogP contribution is 2.28. The van der Waals surface area contributed by atoms with E-state index in [1.165, 1.54) is 4.90 Å². The molecule has 4 heteroatoms. The lowest BCUT2D eigenvalue weighted by molar-refractivity contribution is 0.123. The zero-order valence-electron chi connectivity index (χ0n) is 11.4. The average molecular weight is 277 g/mol. The van der Waals surface area contributed by atoms with Crippen molar-refractivity contribution >= 4 is 5.70 Å². The van der Waals surface area contributed by atoms with Crippen LogP contribution < -0.4 is 4.74 Å². The van der Waals surface area contributed by atoms with Crippen LogP contribution in [0.15, 0.2) is 54.8 Å². The maximum atomic E-state index is 12.7. The quantitative estimate of drug-likeness (QED) is 0.804. The smallest absolute Gasteiger partial charge is 0.256 e. The number of ether oxygens (including phenoxy) is 1. The van der Waals surface area contributed by atoms with Gasteiger partial charge in [0.1, 0.15) is 5.75 Å². The van der Waals surface area contributed by atoms with Gasteiger partial charge in [0.15, 0.2) is 0 Å². The van der Waals surface area contributed by atoms with Crippen LogP contribution in [-0.4, -0.2) is 24.5 Å². The van der Waals surface area contributed by atoms with Crippen molar-refractivity contribution in [2.75, 3.05) is 13.2 Å². The van der Waals surface area contributed by atoms with E-state index in [0.29, 0.717) is 12.3 Å². The van der Waals surface area contributed by atoms with Gasteiger partial charge < -0.3 is 9.64 Å². The summed E-state index contributed by atoms with van der Waals surface area (Å²) < 4.78 is 30.8. The predicted molar refractivity (Wildman–Crippen MR) is 76.6 cm³/mol. The van der Waals surface area contributed by atoms with Gasteiger partial charge in [0.25, 0.3) is 6.43 Å². The topological polar surface area (TPSA) is 12.5 Å². The molecule has 20 heavy (non-hydrogen) atoms. The summed E-state index contributed by atoms with van der Waals surface area (Å²) in [6.45, 7) is 5.96. The van der Waals surface area contributed by atoms with Crippen molar-refractivity contribution in [3.05, 3.63) is 60.3 Å². The molecule has 2 nitrogen and oxygen atoms in total. The summed E-state index contributed by atoms with van der Waals surface area (Å²) in [5, 5.41) is 0. The van der Waals surface area contributed by atoms with Crippen LogP contribution in [0.1, 0.15) is 12.5 Å². The van der Waals surface area contributed by atoms with Crippen LogP contribution in [0, 0.1) is 0 Å². The molecule has 0 spiro atoms. The largest absolute Gasteiger partial charge is 0.494 e. The van der Waals surface area contributed by atoms with Gasteiger partial charge in [0.05, 0.1) is 13.2 Å². The number of benzene rings is 1. The van der Waals surface area contributed by atoms with Gasteiger partial charge in [0, 0.05) is 11.4 Å². The number of nitrogens with zero attached hydrogens (tertiary/aromatic N) is 1. The summed E-state index contributed by atoms with van der Waals surface area (Å²) in [5.74, 6) is 0.766.